The fourth-order valence-electron chi connectivity index (χ4n) is 7.05. The molecule has 1 amide bonds. The third kappa shape index (κ3) is 3.46. The molecule has 4 nitrogen and oxygen atoms in total. The van der Waals surface area contributed by atoms with Crippen LogP contribution in [0.5, 0.6) is 0 Å². The number of hydrogen-bond acceptors (Lipinski definition) is 3. The molecule has 4 bridgehead atoms. The van der Waals surface area contributed by atoms with Crippen molar-refractivity contribution in [2.75, 3.05) is 5.32 Å². The highest BCUT2D eigenvalue weighted by atomic mass is 16.3. The average molecular weight is 415 g/mol. The van der Waals surface area contributed by atoms with Crippen molar-refractivity contribution in [2.45, 2.75) is 58.8 Å². The Morgan fingerprint density at radius 3 is 2.26 bits per heavy atom. The lowest BCUT2D eigenvalue weighted by Gasteiger charge is -2.56. The van der Waals surface area contributed by atoms with E-state index in [-0.39, 0.29) is 11.3 Å². The van der Waals surface area contributed by atoms with Crippen LogP contribution in [0.2, 0.25) is 0 Å². The SMILES string of the molecule is Cc1cc2nc(-c3ccc(NC(=O)CC45CC6CC(CC(C6)C4)C5)cc3)oc2cc1C. The van der Waals surface area contributed by atoms with Crippen LogP contribution in [0.4, 0.5) is 5.69 Å². The number of amides is 1. The molecule has 4 aliphatic rings. The van der Waals surface area contributed by atoms with E-state index in [4.69, 9.17) is 4.42 Å². The lowest BCUT2D eigenvalue weighted by atomic mass is 9.49. The molecule has 0 unspecified atom stereocenters. The summed E-state index contributed by atoms with van der Waals surface area (Å²) in [6.45, 7) is 4.17. The third-order valence-electron chi connectivity index (χ3n) is 8.12. The first-order chi connectivity index (χ1) is 14.9. The molecule has 3 aromatic rings. The maximum atomic E-state index is 12.9. The van der Waals surface area contributed by atoms with E-state index in [9.17, 15) is 4.79 Å². The fourth-order valence-corrected chi connectivity index (χ4v) is 7.05. The van der Waals surface area contributed by atoms with Gasteiger partial charge in [-0.05, 0) is 123 Å². The Balaban J connectivity index is 1.15. The van der Waals surface area contributed by atoms with Crippen LogP contribution in [-0.2, 0) is 4.79 Å². The molecule has 1 N–H and O–H groups in total. The highest BCUT2D eigenvalue weighted by molar-refractivity contribution is 5.91. The molecule has 160 valence electrons. The zero-order chi connectivity index (χ0) is 21.2. The maximum absolute atomic E-state index is 12.9. The van der Waals surface area contributed by atoms with Crippen LogP contribution >= 0.6 is 0 Å². The van der Waals surface area contributed by atoms with Crippen LogP contribution in [0.1, 0.15) is 56.1 Å². The fraction of sp³-hybridized carbons (Fsp3) is 0.481. The Kier molecular flexibility index (Phi) is 4.28. The van der Waals surface area contributed by atoms with Crippen molar-refractivity contribution < 1.29 is 9.21 Å². The topological polar surface area (TPSA) is 55.1 Å². The number of carbonyl (C=O) groups is 1. The van der Waals surface area contributed by atoms with Crippen molar-refractivity contribution in [3.63, 3.8) is 0 Å². The molecule has 1 aromatic heterocycles. The standard InChI is InChI=1S/C27H30N2O2/c1-16-7-23-24(8-17(16)2)31-26(29-23)21-3-5-22(6-4-21)28-25(30)15-27-12-18-9-19(13-27)11-20(10-18)14-27/h3-8,18-20H,9-15H2,1-2H3,(H,28,30). The van der Waals surface area contributed by atoms with Crippen molar-refractivity contribution in [3.05, 3.63) is 47.5 Å². The molecule has 4 fully saturated rings. The zero-order valence-electron chi connectivity index (χ0n) is 18.4. The third-order valence-corrected chi connectivity index (χ3v) is 8.12. The summed E-state index contributed by atoms with van der Waals surface area (Å²) >= 11 is 0. The van der Waals surface area contributed by atoms with Gasteiger partial charge in [0, 0.05) is 17.7 Å². The number of hydrogen-bond donors (Lipinski definition) is 1. The van der Waals surface area contributed by atoms with E-state index in [1.807, 2.05) is 30.3 Å². The number of aryl methyl sites for hydroxylation is 2. The minimum Gasteiger partial charge on any atom is -0.436 e. The second kappa shape index (κ2) is 6.94. The van der Waals surface area contributed by atoms with Crippen LogP contribution in [0.15, 0.2) is 40.8 Å². The Morgan fingerprint density at radius 2 is 1.61 bits per heavy atom. The second-order valence-corrected chi connectivity index (χ2v) is 10.6. The van der Waals surface area contributed by atoms with E-state index < -0.39 is 0 Å². The van der Waals surface area contributed by atoms with Gasteiger partial charge in [-0.2, -0.15) is 0 Å². The Bertz CT molecular complexity index is 1080. The molecule has 31 heavy (non-hydrogen) atoms. The van der Waals surface area contributed by atoms with Gasteiger partial charge in [0.25, 0.3) is 0 Å². The van der Waals surface area contributed by atoms with E-state index in [1.54, 1.807) is 0 Å². The Morgan fingerprint density at radius 1 is 1.00 bits per heavy atom. The van der Waals surface area contributed by atoms with E-state index in [1.165, 1.54) is 49.7 Å². The number of anilines is 1. The van der Waals surface area contributed by atoms with Gasteiger partial charge in [-0.15, -0.1) is 0 Å². The summed E-state index contributed by atoms with van der Waals surface area (Å²) in [7, 11) is 0. The van der Waals surface area contributed by atoms with Crippen molar-refractivity contribution in [1.82, 2.24) is 4.98 Å². The van der Waals surface area contributed by atoms with Crippen LogP contribution in [0.3, 0.4) is 0 Å². The predicted molar refractivity (Wildman–Crippen MR) is 123 cm³/mol. The predicted octanol–water partition coefficient (Wildman–Crippen LogP) is 6.66. The van der Waals surface area contributed by atoms with E-state index >= 15 is 0 Å². The normalized spacial score (nSPS) is 28.9. The number of nitrogens with zero attached hydrogens (tertiary/aromatic N) is 1. The molecule has 4 saturated carbocycles. The molecule has 7 rings (SSSR count). The molecule has 0 spiro atoms. The van der Waals surface area contributed by atoms with Gasteiger partial charge in [0.1, 0.15) is 5.52 Å². The quantitative estimate of drug-likeness (QED) is 0.519. The van der Waals surface area contributed by atoms with E-state index in [0.717, 1.165) is 40.1 Å². The molecule has 4 heteroatoms. The first kappa shape index (κ1) is 19.1. The maximum Gasteiger partial charge on any atom is 0.227 e. The molecule has 0 radical (unpaired) electrons. The Hall–Kier alpha value is -2.62. The summed E-state index contributed by atoms with van der Waals surface area (Å²) in [5.41, 5.74) is 6.15. The first-order valence-corrected chi connectivity index (χ1v) is 11.7. The zero-order valence-corrected chi connectivity index (χ0v) is 18.4. The van der Waals surface area contributed by atoms with Crippen molar-refractivity contribution in [3.8, 4) is 11.5 Å². The van der Waals surface area contributed by atoms with E-state index in [2.05, 4.69) is 30.2 Å². The molecule has 1 heterocycles. The minimum absolute atomic E-state index is 0.169. The van der Waals surface area contributed by atoms with Gasteiger partial charge in [0.05, 0.1) is 0 Å². The van der Waals surface area contributed by atoms with Gasteiger partial charge in [-0.25, -0.2) is 4.98 Å². The molecule has 2 aromatic carbocycles. The number of aromatic nitrogens is 1. The lowest BCUT2D eigenvalue weighted by Crippen LogP contribution is -2.47. The average Bonchev–Trinajstić information content (AvgIpc) is 3.10. The van der Waals surface area contributed by atoms with Gasteiger partial charge in [-0.1, -0.05) is 0 Å². The van der Waals surface area contributed by atoms with Gasteiger partial charge >= 0.3 is 0 Å². The second-order valence-electron chi connectivity index (χ2n) is 10.6. The summed E-state index contributed by atoms with van der Waals surface area (Å²) < 4.78 is 5.97. The molecule has 0 saturated heterocycles. The highest BCUT2D eigenvalue weighted by Gasteiger charge is 2.51. The first-order valence-electron chi connectivity index (χ1n) is 11.7. The summed E-state index contributed by atoms with van der Waals surface area (Å²) in [6.07, 6.45) is 8.72. The largest absolute Gasteiger partial charge is 0.436 e. The molecule has 0 aliphatic heterocycles. The number of benzene rings is 2. The molecule has 0 atom stereocenters. The summed E-state index contributed by atoms with van der Waals surface area (Å²) in [5.74, 6) is 3.42. The van der Waals surface area contributed by atoms with Crippen LogP contribution in [0, 0.1) is 37.0 Å². The lowest BCUT2D eigenvalue weighted by molar-refractivity contribution is -0.124. The number of fused-ring (bicyclic) bond motifs is 1. The van der Waals surface area contributed by atoms with Crippen molar-refractivity contribution in [1.29, 1.82) is 0 Å². The smallest absolute Gasteiger partial charge is 0.227 e. The summed E-state index contributed by atoms with van der Waals surface area (Å²) in [6, 6.07) is 12.0. The van der Waals surface area contributed by atoms with Gasteiger partial charge in [0.15, 0.2) is 5.58 Å². The van der Waals surface area contributed by atoms with E-state index in [0.29, 0.717) is 12.3 Å². The number of rotatable bonds is 4. The van der Waals surface area contributed by atoms with Gasteiger partial charge in [-0.3, -0.25) is 4.79 Å². The van der Waals surface area contributed by atoms with Gasteiger partial charge < -0.3 is 9.73 Å². The Labute approximate surface area is 183 Å². The highest BCUT2D eigenvalue weighted by Crippen LogP contribution is 2.61. The summed E-state index contributed by atoms with van der Waals surface area (Å²) in [5, 5.41) is 3.15. The van der Waals surface area contributed by atoms with Crippen LogP contribution in [0.25, 0.3) is 22.6 Å². The summed E-state index contributed by atoms with van der Waals surface area (Å²) in [4.78, 5) is 17.5. The molecular weight excluding hydrogens is 384 g/mol. The molecule has 4 aliphatic carbocycles. The number of oxazole rings is 1. The van der Waals surface area contributed by atoms with Crippen LogP contribution < -0.4 is 5.32 Å². The minimum atomic E-state index is 0.169. The van der Waals surface area contributed by atoms with Crippen LogP contribution in [-0.4, -0.2) is 10.9 Å². The number of nitrogens with one attached hydrogen (secondary N) is 1. The van der Waals surface area contributed by atoms with Crippen molar-refractivity contribution >= 4 is 22.7 Å². The van der Waals surface area contributed by atoms with Crippen molar-refractivity contribution in [2.24, 2.45) is 23.2 Å². The van der Waals surface area contributed by atoms with Gasteiger partial charge in [0.2, 0.25) is 11.8 Å². The molecular formula is C27H30N2O2. The number of carbonyl (C=O) groups excluding carboxylic acids is 1. The monoisotopic (exact) mass is 414 g/mol.